The Hall–Kier alpha value is -1.28. The average Bonchev–Trinajstić information content (AvgIpc) is 2.67. The average molecular weight is 242 g/mol. The van der Waals surface area contributed by atoms with Gasteiger partial charge in [0.15, 0.2) is 0 Å². The van der Waals surface area contributed by atoms with E-state index in [4.69, 9.17) is 0 Å². The molecule has 1 saturated heterocycles. The Morgan fingerprint density at radius 3 is 2.94 bits per heavy atom. The van der Waals surface area contributed by atoms with Crippen molar-refractivity contribution in [2.45, 2.75) is 33.1 Å². The Morgan fingerprint density at radius 1 is 1.28 bits per heavy atom. The van der Waals surface area contributed by atoms with Gasteiger partial charge in [-0.2, -0.15) is 0 Å². The highest BCUT2D eigenvalue weighted by Gasteiger charge is 2.14. The number of hydrogen-bond acceptors (Lipinski definition) is 1. The Morgan fingerprint density at radius 2 is 2.17 bits per heavy atom. The van der Waals surface area contributed by atoms with E-state index in [1.54, 1.807) is 0 Å². The molecule has 0 saturated carbocycles. The third-order valence-electron chi connectivity index (χ3n) is 4.30. The SMILES string of the molecule is Cc1[nH]c2ccc(CC3CCCNC3)cc2c1C. The van der Waals surface area contributed by atoms with Crippen LogP contribution in [0, 0.1) is 19.8 Å². The number of aromatic nitrogens is 1. The standard InChI is InChI=1S/C16H22N2/c1-11-12(2)18-16-6-5-13(9-15(11)16)8-14-4-3-7-17-10-14/h5-6,9,14,17-18H,3-4,7-8,10H2,1-2H3. The highest BCUT2D eigenvalue weighted by molar-refractivity contribution is 5.84. The summed E-state index contributed by atoms with van der Waals surface area (Å²) in [6, 6.07) is 6.90. The number of nitrogens with one attached hydrogen (secondary N) is 2. The number of aromatic amines is 1. The summed E-state index contributed by atoms with van der Waals surface area (Å²) < 4.78 is 0. The highest BCUT2D eigenvalue weighted by atomic mass is 14.9. The quantitative estimate of drug-likeness (QED) is 0.830. The topological polar surface area (TPSA) is 27.8 Å². The van der Waals surface area contributed by atoms with Gasteiger partial charge in [-0.3, -0.25) is 0 Å². The largest absolute Gasteiger partial charge is 0.358 e. The van der Waals surface area contributed by atoms with Crippen molar-refractivity contribution in [3.05, 3.63) is 35.0 Å². The molecule has 1 aliphatic heterocycles. The minimum atomic E-state index is 0.816. The zero-order valence-electron chi connectivity index (χ0n) is 11.3. The first kappa shape index (κ1) is 11.8. The molecule has 0 bridgehead atoms. The van der Waals surface area contributed by atoms with Gasteiger partial charge in [-0.25, -0.2) is 0 Å². The molecule has 0 radical (unpaired) electrons. The van der Waals surface area contributed by atoms with Gasteiger partial charge in [0.2, 0.25) is 0 Å². The van der Waals surface area contributed by atoms with Crippen molar-refractivity contribution in [3.8, 4) is 0 Å². The van der Waals surface area contributed by atoms with E-state index in [0.717, 1.165) is 5.92 Å². The van der Waals surface area contributed by atoms with E-state index in [0.29, 0.717) is 0 Å². The summed E-state index contributed by atoms with van der Waals surface area (Å²) in [4.78, 5) is 3.45. The number of piperidine rings is 1. The maximum absolute atomic E-state index is 3.50. The first-order valence-electron chi connectivity index (χ1n) is 7.02. The number of fused-ring (bicyclic) bond motifs is 1. The molecule has 1 aromatic carbocycles. The summed E-state index contributed by atoms with van der Waals surface area (Å²) in [5.41, 5.74) is 5.45. The van der Waals surface area contributed by atoms with Gasteiger partial charge in [0.05, 0.1) is 0 Å². The van der Waals surface area contributed by atoms with E-state index in [-0.39, 0.29) is 0 Å². The molecule has 18 heavy (non-hydrogen) atoms. The first-order chi connectivity index (χ1) is 8.74. The van der Waals surface area contributed by atoms with Crippen LogP contribution >= 0.6 is 0 Å². The van der Waals surface area contributed by atoms with Crippen molar-refractivity contribution in [3.63, 3.8) is 0 Å². The molecule has 3 rings (SSSR count). The summed E-state index contributed by atoms with van der Waals surface area (Å²) in [6.07, 6.45) is 3.91. The lowest BCUT2D eigenvalue weighted by Crippen LogP contribution is -2.30. The predicted octanol–water partition coefficient (Wildman–Crippen LogP) is 3.33. The van der Waals surface area contributed by atoms with Crippen LogP contribution in [0.1, 0.15) is 29.7 Å². The van der Waals surface area contributed by atoms with Crippen LogP contribution in [0.4, 0.5) is 0 Å². The van der Waals surface area contributed by atoms with Crippen LogP contribution < -0.4 is 5.32 Å². The van der Waals surface area contributed by atoms with Gasteiger partial charge in [0, 0.05) is 16.6 Å². The van der Waals surface area contributed by atoms with Crippen molar-refractivity contribution in [1.29, 1.82) is 0 Å². The van der Waals surface area contributed by atoms with Gasteiger partial charge in [0.1, 0.15) is 0 Å². The van der Waals surface area contributed by atoms with Crippen molar-refractivity contribution < 1.29 is 0 Å². The molecule has 1 aromatic heterocycles. The summed E-state index contributed by atoms with van der Waals surface area (Å²) in [7, 11) is 0. The Balaban J connectivity index is 1.85. The first-order valence-corrected chi connectivity index (χ1v) is 7.02. The molecule has 1 unspecified atom stereocenters. The number of hydrogen-bond donors (Lipinski definition) is 2. The van der Waals surface area contributed by atoms with Crippen LogP contribution in [-0.2, 0) is 6.42 Å². The fourth-order valence-electron chi connectivity index (χ4n) is 3.07. The fourth-order valence-corrected chi connectivity index (χ4v) is 3.07. The van der Waals surface area contributed by atoms with Crippen LogP contribution in [-0.4, -0.2) is 18.1 Å². The number of H-pyrrole nitrogens is 1. The van der Waals surface area contributed by atoms with Crippen molar-refractivity contribution in [2.24, 2.45) is 5.92 Å². The number of benzene rings is 1. The summed E-state index contributed by atoms with van der Waals surface area (Å²) in [6.45, 7) is 6.75. The van der Waals surface area contributed by atoms with E-state index >= 15 is 0 Å². The molecule has 0 aliphatic carbocycles. The fraction of sp³-hybridized carbons (Fsp3) is 0.500. The lowest BCUT2D eigenvalue weighted by Gasteiger charge is -2.22. The van der Waals surface area contributed by atoms with Crippen molar-refractivity contribution in [2.75, 3.05) is 13.1 Å². The van der Waals surface area contributed by atoms with Gasteiger partial charge in [-0.15, -0.1) is 0 Å². The zero-order valence-corrected chi connectivity index (χ0v) is 11.3. The third kappa shape index (κ3) is 2.17. The van der Waals surface area contributed by atoms with Gasteiger partial charge >= 0.3 is 0 Å². The Labute approximate surface area is 109 Å². The number of aryl methyl sites for hydroxylation is 2. The molecule has 96 valence electrons. The smallest absolute Gasteiger partial charge is 0.0458 e. The maximum Gasteiger partial charge on any atom is 0.0458 e. The van der Waals surface area contributed by atoms with Crippen molar-refractivity contribution in [1.82, 2.24) is 10.3 Å². The van der Waals surface area contributed by atoms with E-state index < -0.39 is 0 Å². The van der Waals surface area contributed by atoms with E-state index in [1.807, 2.05) is 0 Å². The van der Waals surface area contributed by atoms with Gasteiger partial charge < -0.3 is 10.3 Å². The molecule has 1 fully saturated rings. The van der Waals surface area contributed by atoms with Gasteiger partial charge in [-0.05, 0) is 75.4 Å². The van der Waals surface area contributed by atoms with Gasteiger partial charge in [0.25, 0.3) is 0 Å². The van der Waals surface area contributed by atoms with Crippen LogP contribution in [0.3, 0.4) is 0 Å². The number of rotatable bonds is 2. The molecular formula is C16H22N2. The second-order valence-electron chi connectivity index (χ2n) is 5.67. The normalized spacial score (nSPS) is 20.4. The summed E-state index contributed by atoms with van der Waals surface area (Å²) in [5, 5.41) is 4.90. The second kappa shape index (κ2) is 4.77. The lowest BCUT2D eigenvalue weighted by atomic mass is 9.92. The summed E-state index contributed by atoms with van der Waals surface area (Å²) in [5.74, 6) is 0.816. The molecule has 2 nitrogen and oxygen atoms in total. The Bertz CT molecular complexity index is 547. The van der Waals surface area contributed by atoms with E-state index in [9.17, 15) is 0 Å². The Kier molecular flexibility index (Phi) is 3.13. The third-order valence-corrected chi connectivity index (χ3v) is 4.30. The highest BCUT2D eigenvalue weighted by Crippen LogP contribution is 2.24. The minimum absolute atomic E-state index is 0.816. The maximum atomic E-state index is 3.50. The van der Waals surface area contributed by atoms with E-state index in [2.05, 4.69) is 42.3 Å². The molecule has 2 aromatic rings. The van der Waals surface area contributed by atoms with Crippen LogP contribution in [0.5, 0.6) is 0 Å². The molecule has 2 heteroatoms. The van der Waals surface area contributed by atoms with E-state index in [1.165, 1.54) is 60.1 Å². The lowest BCUT2D eigenvalue weighted by molar-refractivity contribution is 0.376. The molecule has 0 spiro atoms. The molecule has 2 heterocycles. The second-order valence-corrected chi connectivity index (χ2v) is 5.67. The van der Waals surface area contributed by atoms with Crippen LogP contribution in [0.15, 0.2) is 18.2 Å². The molecule has 2 N–H and O–H groups in total. The van der Waals surface area contributed by atoms with Crippen LogP contribution in [0.25, 0.3) is 10.9 Å². The van der Waals surface area contributed by atoms with Crippen LogP contribution in [0.2, 0.25) is 0 Å². The van der Waals surface area contributed by atoms with Gasteiger partial charge in [-0.1, -0.05) is 6.07 Å². The minimum Gasteiger partial charge on any atom is -0.358 e. The van der Waals surface area contributed by atoms with Crippen molar-refractivity contribution >= 4 is 10.9 Å². The monoisotopic (exact) mass is 242 g/mol. The zero-order chi connectivity index (χ0) is 12.5. The molecule has 1 atom stereocenters. The molecular weight excluding hydrogens is 220 g/mol. The summed E-state index contributed by atoms with van der Waals surface area (Å²) >= 11 is 0. The molecule has 0 amide bonds. The molecule has 1 aliphatic rings. The predicted molar refractivity (Wildman–Crippen MR) is 77.1 cm³/mol.